The molecule has 1 heterocycles. The van der Waals surface area contributed by atoms with Gasteiger partial charge in [-0.2, -0.15) is 0 Å². The van der Waals surface area contributed by atoms with Crippen molar-refractivity contribution in [3.05, 3.63) is 34.3 Å². The molecular weight excluding hydrogens is 146 g/mol. The van der Waals surface area contributed by atoms with Crippen molar-refractivity contribution >= 4 is 11.6 Å². The molecule has 0 spiro atoms. The summed E-state index contributed by atoms with van der Waals surface area (Å²) < 4.78 is 0. The molecule has 0 atom stereocenters. The van der Waals surface area contributed by atoms with E-state index in [0.29, 0.717) is 0 Å². The van der Waals surface area contributed by atoms with Gasteiger partial charge >= 0.3 is 0 Å². The zero-order chi connectivity index (χ0) is 6.97. The van der Waals surface area contributed by atoms with Crippen LogP contribution in [0.4, 0.5) is 0 Å². The van der Waals surface area contributed by atoms with Gasteiger partial charge in [-0.15, -0.1) is 0 Å². The van der Waals surface area contributed by atoms with Gasteiger partial charge in [0.1, 0.15) is 13.1 Å². The molecule has 0 aliphatic carbocycles. The highest BCUT2D eigenvalue weighted by molar-refractivity contribution is 6.30. The van der Waals surface area contributed by atoms with Gasteiger partial charge in [-0.3, -0.25) is 0 Å². The molecule has 2 heteroatoms. The predicted octanol–water partition coefficient (Wildman–Crippen LogP) is 0.917. The van der Waals surface area contributed by atoms with Gasteiger partial charge in [0.2, 0.25) is 0 Å². The fourth-order valence-electron chi connectivity index (χ4n) is 1.37. The molecule has 2 rings (SSSR count). The lowest BCUT2D eigenvalue weighted by Crippen LogP contribution is -2.77. The van der Waals surface area contributed by atoms with Gasteiger partial charge in [-0.25, -0.2) is 0 Å². The SMILES string of the molecule is Clc1ccc2c(c1)C[NH2+]C2. The van der Waals surface area contributed by atoms with Crippen LogP contribution in [0.2, 0.25) is 5.02 Å². The van der Waals surface area contributed by atoms with E-state index in [0.717, 1.165) is 18.1 Å². The summed E-state index contributed by atoms with van der Waals surface area (Å²) in [6.07, 6.45) is 0. The van der Waals surface area contributed by atoms with Crippen molar-refractivity contribution in [1.29, 1.82) is 0 Å². The van der Waals surface area contributed by atoms with Gasteiger partial charge in [0, 0.05) is 16.1 Å². The molecule has 0 aromatic heterocycles. The normalized spacial score (nSPS) is 15.3. The van der Waals surface area contributed by atoms with E-state index in [1.165, 1.54) is 11.1 Å². The molecule has 0 saturated carbocycles. The van der Waals surface area contributed by atoms with Crippen molar-refractivity contribution in [1.82, 2.24) is 0 Å². The summed E-state index contributed by atoms with van der Waals surface area (Å²) in [6, 6.07) is 6.13. The highest BCUT2D eigenvalue weighted by atomic mass is 35.5. The molecule has 0 amide bonds. The minimum Gasteiger partial charge on any atom is -0.339 e. The summed E-state index contributed by atoms with van der Waals surface area (Å²) >= 11 is 5.81. The molecule has 1 aliphatic heterocycles. The van der Waals surface area contributed by atoms with Gasteiger partial charge in [0.15, 0.2) is 0 Å². The van der Waals surface area contributed by atoms with E-state index < -0.39 is 0 Å². The summed E-state index contributed by atoms with van der Waals surface area (Å²) in [7, 11) is 0. The third-order valence-electron chi connectivity index (χ3n) is 1.90. The number of hydrogen-bond donors (Lipinski definition) is 1. The van der Waals surface area contributed by atoms with E-state index in [1.807, 2.05) is 6.07 Å². The van der Waals surface area contributed by atoms with Crippen LogP contribution >= 0.6 is 11.6 Å². The number of nitrogens with two attached hydrogens (primary N) is 1. The Morgan fingerprint density at radius 2 is 2.00 bits per heavy atom. The van der Waals surface area contributed by atoms with E-state index in [4.69, 9.17) is 11.6 Å². The van der Waals surface area contributed by atoms with E-state index in [-0.39, 0.29) is 0 Å². The third-order valence-corrected chi connectivity index (χ3v) is 2.13. The van der Waals surface area contributed by atoms with Crippen LogP contribution in [0.1, 0.15) is 11.1 Å². The lowest BCUT2D eigenvalue weighted by molar-refractivity contribution is -0.676. The van der Waals surface area contributed by atoms with Crippen LogP contribution in [0.25, 0.3) is 0 Å². The average Bonchev–Trinajstić information content (AvgIpc) is 2.33. The Morgan fingerprint density at radius 1 is 1.20 bits per heavy atom. The average molecular weight is 155 g/mol. The fourth-order valence-corrected chi connectivity index (χ4v) is 1.56. The van der Waals surface area contributed by atoms with E-state index in [9.17, 15) is 0 Å². The Balaban J connectivity index is 2.52. The number of hydrogen-bond acceptors (Lipinski definition) is 0. The number of fused-ring (bicyclic) bond motifs is 1. The maximum atomic E-state index is 5.81. The number of quaternary nitrogens is 1. The molecular formula is C8H9ClN+. The zero-order valence-corrected chi connectivity index (χ0v) is 6.36. The third kappa shape index (κ3) is 0.917. The molecule has 0 fully saturated rings. The first kappa shape index (κ1) is 6.20. The van der Waals surface area contributed by atoms with Crippen LogP contribution in [0.3, 0.4) is 0 Å². The molecule has 1 nitrogen and oxygen atoms in total. The van der Waals surface area contributed by atoms with Crippen molar-refractivity contribution in [2.24, 2.45) is 0 Å². The van der Waals surface area contributed by atoms with Crippen molar-refractivity contribution in [3.8, 4) is 0 Å². The molecule has 52 valence electrons. The molecule has 1 aliphatic rings. The maximum Gasteiger partial charge on any atom is 0.102 e. The molecule has 1 aromatic rings. The summed E-state index contributed by atoms with van der Waals surface area (Å²) in [5.41, 5.74) is 2.83. The predicted molar refractivity (Wildman–Crippen MR) is 40.8 cm³/mol. The molecule has 2 N–H and O–H groups in total. The first-order chi connectivity index (χ1) is 4.86. The van der Waals surface area contributed by atoms with Crippen molar-refractivity contribution in [2.45, 2.75) is 13.1 Å². The Kier molecular flexibility index (Phi) is 1.40. The Bertz CT molecular complexity index is 257. The van der Waals surface area contributed by atoms with Gasteiger partial charge in [0.25, 0.3) is 0 Å². The minimum atomic E-state index is 0.856. The first-order valence-electron chi connectivity index (χ1n) is 3.45. The van der Waals surface area contributed by atoms with Crippen molar-refractivity contribution in [2.75, 3.05) is 0 Å². The van der Waals surface area contributed by atoms with Crippen molar-refractivity contribution in [3.63, 3.8) is 0 Å². The number of rotatable bonds is 0. The second kappa shape index (κ2) is 2.26. The Labute approximate surface area is 65.0 Å². The summed E-state index contributed by atoms with van der Waals surface area (Å²) in [4.78, 5) is 0. The number of benzene rings is 1. The van der Waals surface area contributed by atoms with E-state index in [2.05, 4.69) is 17.4 Å². The zero-order valence-electron chi connectivity index (χ0n) is 5.60. The monoisotopic (exact) mass is 154 g/mol. The Morgan fingerprint density at radius 3 is 2.90 bits per heavy atom. The quantitative estimate of drug-likeness (QED) is 0.573. The number of halogens is 1. The van der Waals surface area contributed by atoms with E-state index >= 15 is 0 Å². The smallest absolute Gasteiger partial charge is 0.102 e. The molecule has 0 radical (unpaired) electrons. The summed E-state index contributed by atoms with van der Waals surface area (Å²) in [5, 5.41) is 3.13. The van der Waals surface area contributed by atoms with Crippen LogP contribution in [-0.4, -0.2) is 0 Å². The second-order valence-corrected chi connectivity index (χ2v) is 3.05. The lowest BCUT2D eigenvalue weighted by Gasteiger charge is -1.92. The molecule has 0 bridgehead atoms. The highest BCUT2D eigenvalue weighted by Gasteiger charge is 2.12. The molecule has 0 saturated heterocycles. The van der Waals surface area contributed by atoms with Crippen LogP contribution in [0.15, 0.2) is 18.2 Å². The van der Waals surface area contributed by atoms with Gasteiger partial charge < -0.3 is 5.32 Å². The van der Waals surface area contributed by atoms with Crippen LogP contribution < -0.4 is 5.32 Å². The van der Waals surface area contributed by atoms with Crippen LogP contribution in [0, 0.1) is 0 Å². The fraction of sp³-hybridized carbons (Fsp3) is 0.250. The van der Waals surface area contributed by atoms with Crippen LogP contribution in [-0.2, 0) is 13.1 Å². The van der Waals surface area contributed by atoms with Gasteiger partial charge in [-0.05, 0) is 12.1 Å². The van der Waals surface area contributed by atoms with Gasteiger partial charge in [-0.1, -0.05) is 17.7 Å². The Hall–Kier alpha value is -0.530. The maximum absolute atomic E-state index is 5.81. The van der Waals surface area contributed by atoms with Crippen LogP contribution in [0.5, 0.6) is 0 Å². The molecule has 1 aromatic carbocycles. The summed E-state index contributed by atoms with van der Waals surface area (Å²) in [5.74, 6) is 0. The summed E-state index contributed by atoms with van der Waals surface area (Å²) in [6.45, 7) is 2.21. The van der Waals surface area contributed by atoms with Crippen molar-refractivity contribution < 1.29 is 5.32 Å². The molecule has 10 heavy (non-hydrogen) atoms. The lowest BCUT2D eigenvalue weighted by atomic mass is 10.1. The van der Waals surface area contributed by atoms with E-state index in [1.54, 1.807) is 0 Å². The van der Waals surface area contributed by atoms with Gasteiger partial charge in [0.05, 0.1) is 0 Å². The first-order valence-corrected chi connectivity index (χ1v) is 3.83. The molecule has 0 unspecified atom stereocenters. The highest BCUT2D eigenvalue weighted by Crippen LogP contribution is 2.16. The largest absolute Gasteiger partial charge is 0.339 e. The topological polar surface area (TPSA) is 16.6 Å². The minimum absolute atomic E-state index is 0.856. The second-order valence-electron chi connectivity index (χ2n) is 2.61. The standard InChI is InChI=1S/C8H8ClN/c9-8-2-1-6-4-10-5-7(6)3-8/h1-3,10H,4-5H2/p+1.